The minimum absolute atomic E-state index is 0.0317. The molecule has 0 spiro atoms. The van der Waals surface area contributed by atoms with Crippen molar-refractivity contribution in [2.45, 2.75) is 37.4 Å². The number of hydrogen-bond acceptors (Lipinski definition) is 7. The third-order valence-corrected chi connectivity index (χ3v) is 7.14. The van der Waals surface area contributed by atoms with Crippen LogP contribution in [0, 0.1) is 0 Å². The molecule has 0 unspecified atom stereocenters. The predicted octanol–water partition coefficient (Wildman–Crippen LogP) is 2.62. The fraction of sp³-hybridized carbons (Fsp3) is 0.421. The van der Waals surface area contributed by atoms with Gasteiger partial charge in [-0.1, -0.05) is 31.7 Å². The maximum atomic E-state index is 13.0. The summed E-state index contributed by atoms with van der Waals surface area (Å²) < 4.78 is 34.6. The number of amides is 1. The molecular weight excluding hydrogens is 426 g/mol. The second-order valence-electron chi connectivity index (χ2n) is 6.08. The van der Waals surface area contributed by atoms with Crippen LogP contribution in [0.15, 0.2) is 47.2 Å². The molecule has 0 aliphatic rings. The van der Waals surface area contributed by atoms with Gasteiger partial charge in [0.25, 0.3) is 0 Å². The number of carbonyl (C=O) groups is 1. The number of aromatic nitrogens is 3. The van der Waals surface area contributed by atoms with Gasteiger partial charge in [0.2, 0.25) is 15.9 Å². The number of anilines is 1. The molecule has 0 fully saturated rings. The van der Waals surface area contributed by atoms with Gasteiger partial charge in [-0.3, -0.25) is 4.79 Å². The van der Waals surface area contributed by atoms with Gasteiger partial charge < -0.3 is 14.6 Å². The molecule has 1 aromatic carbocycles. The van der Waals surface area contributed by atoms with E-state index in [0.717, 1.165) is 0 Å². The summed E-state index contributed by atoms with van der Waals surface area (Å²) in [5.41, 5.74) is 0.377. The van der Waals surface area contributed by atoms with Crippen molar-refractivity contribution in [2.75, 3.05) is 30.8 Å². The van der Waals surface area contributed by atoms with Crippen molar-refractivity contribution in [3.8, 4) is 5.75 Å². The number of nitrogens with zero attached hydrogens (tertiary/aromatic N) is 4. The molecule has 30 heavy (non-hydrogen) atoms. The van der Waals surface area contributed by atoms with E-state index < -0.39 is 10.0 Å². The summed E-state index contributed by atoms with van der Waals surface area (Å²) in [5.74, 6) is 0.0686. The number of sulfonamides is 1. The smallest absolute Gasteiger partial charge is 0.246 e. The molecular formula is C19H27N5O4S2. The average Bonchev–Trinajstić information content (AvgIpc) is 3.16. The first-order chi connectivity index (χ1) is 14.4. The molecule has 164 valence electrons. The number of allylic oxidation sites excluding steroid dienone is 1. The highest BCUT2D eigenvalue weighted by molar-refractivity contribution is 7.99. The fourth-order valence-electron chi connectivity index (χ4n) is 2.71. The van der Waals surface area contributed by atoms with Gasteiger partial charge in [-0.05, 0) is 25.1 Å². The largest absolute Gasteiger partial charge is 0.492 e. The molecule has 0 radical (unpaired) electrons. The molecule has 0 aliphatic heterocycles. The van der Waals surface area contributed by atoms with Crippen LogP contribution in [0.5, 0.6) is 5.75 Å². The molecule has 0 bridgehead atoms. The molecule has 1 aromatic heterocycles. The van der Waals surface area contributed by atoms with Crippen molar-refractivity contribution in [3.05, 3.63) is 37.2 Å². The van der Waals surface area contributed by atoms with Crippen LogP contribution in [-0.2, 0) is 21.4 Å². The predicted molar refractivity (Wildman–Crippen MR) is 117 cm³/mol. The molecule has 0 aliphatic carbocycles. The van der Waals surface area contributed by atoms with Gasteiger partial charge in [-0.15, -0.1) is 16.8 Å². The summed E-state index contributed by atoms with van der Waals surface area (Å²) in [6, 6.07) is 4.61. The Kier molecular flexibility index (Phi) is 8.88. The lowest BCUT2D eigenvalue weighted by atomic mass is 10.3. The summed E-state index contributed by atoms with van der Waals surface area (Å²) in [6.07, 6.45) is 3.28. The SMILES string of the molecule is C=CCn1cnnc1SCC(=O)Nc1ccc(OCC)c(S(=O)(=O)N(CC)CC)c1. The number of carbonyl (C=O) groups excluding carboxylic acids is 1. The van der Waals surface area contributed by atoms with Crippen molar-refractivity contribution in [2.24, 2.45) is 0 Å². The fourth-order valence-corrected chi connectivity index (χ4v) is 5.05. The van der Waals surface area contributed by atoms with Gasteiger partial charge in [-0.25, -0.2) is 8.42 Å². The van der Waals surface area contributed by atoms with E-state index in [1.165, 1.54) is 22.1 Å². The average molecular weight is 454 g/mol. The van der Waals surface area contributed by atoms with Crippen LogP contribution < -0.4 is 10.1 Å². The monoisotopic (exact) mass is 453 g/mol. The summed E-state index contributed by atoms with van der Waals surface area (Å²) in [5, 5.41) is 11.1. The third kappa shape index (κ3) is 5.83. The number of nitrogens with one attached hydrogen (secondary N) is 1. The highest BCUT2D eigenvalue weighted by Crippen LogP contribution is 2.30. The number of hydrogen-bond donors (Lipinski definition) is 1. The Morgan fingerprint density at radius 3 is 2.70 bits per heavy atom. The maximum Gasteiger partial charge on any atom is 0.246 e. The molecule has 11 heteroatoms. The van der Waals surface area contributed by atoms with Crippen LogP contribution in [0.1, 0.15) is 20.8 Å². The minimum Gasteiger partial charge on any atom is -0.492 e. The molecule has 0 saturated heterocycles. The van der Waals surface area contributed by atoms with Crippen LogP contribution in [0.25, 0.3) is 0 Å². The van der Waals surface area contributed by atoms with Gasteiger partial charge >= 0.3 is 0 Å². The van der Waals surface area contributed by atoms with Crippen molar-refractivity contribution < 1.29 is 17.9 Å². The molecule has 0 saturated carbocycles. The van der Waals surface area contributed by atoms with Crippen LogP contribution in [0.4, 0.5) is 5.69 Å². The second-order valence-corrected chi connectivity index (χ2v) is 8.92. The van der Waals surface area contributed by atoms with Crippen LogP contribution in [-0.4, -0.2) is 58.8 Å². The zero-order valence-electron chi connectivity index (χ0n) is 17.4. The van der Waals surface area contributed by atoms with Crippen molar-refractivity contribution in [1.29, 1.82) is 0 Å². The summed E-state index contributed by atoms with van der Waals surface area (Å²) in [6.45, 7) is 10.5. The Balaban J connectivity index is 2.18. The Bertz CT molecular complexity index is 971. The van der Waals surface area contributed by atoms with Crippen molar-refractivity contribution in [3.63, 3.8) is 0 Å². The number of rotatable bonds is 12. The highest BCUT2D eigenvalue weighted by Gasteiger charge is 2.26. The summed E-state index contributed by atoms with van der Waals surface area (Å²) in [7, 11) is -3.75. The molecule has 1 heterocycles. The molecule has 2 aromatic rings. The van der Waals surface area contributed by atoms with E-state index in [4.69, 9.17) is 4.74 Å². The summed E-state index contributed by atoms with van der Waals surface area (Å²) in [4.78, 5) is 12.4. The van der Waals surface area contributed by atoms with Gasteiger partial charge in [0.05, 0.1) is 12.4 Å². The Labute approximate surface area is 181 Å². The van der Waals surface area contributed by atoms with E-state index >= 15 is 0 Å². The van der Waals surface area contributed by atoms with E-state index in [1.54, 1.807) is 49.9 Å². The lowest BCUT2D eigenvalue weighted by Crippen LogP contribution is -2.31. The van der Waals surface area contributed by atoms with E-state index in [2.05, 4.69) is 22.1 Å². The van der Waals surface area contributed by atoms with E-state index in [0.29, 0.717) is 37.1 Å². The molecule has 9 nitrogen and oxygen atoms in total. The van der Waals surface area contributed by atoms with E-state index in [-0.39, 0.29) is 22.3 Å². The second kappa shape index (κ2) is 11.1. The van der Waals surface area contributed by atoms with E-state index in [9.17, 15) is 13.2 Å². The molecule has 2 rings (SSSR count). The van der Waals surface area contributed by atoms with Crippen molar-refractivity contribution in [1.82, 2.24) is 19.1 Å². The normalized spacial score (nSPS) is 11.5. The van der Waals surface area contributed by atoms with Crippen molar-refractivity contribution >= 4 is 33.4 Å². The Morgan fingerprint density at radius 2 is 2.07 bits per heavy atom. The number of ether oxygens (including phenoxy) is 1. The van der Waals surface area contributed by atoms with Gasteiger partial charge in [-0.2, -0.15) is 4.31 Å². The first-order valence-electron chi connectivity index (χ1n) is 9.55. The quantitative estimate of drug-likeness (QED) is 0.389. The maximum absolute atomic E-state index is 13.0. The first-order valence-corrected chi connectivity index (χ1v) is 12.0. The summed E-state index contributed by atoms with van der Waals surface area (Å²) >= 11 is 1.23. The van der Waals surface area contributed by atoms with E-state index in [1.807, 2.05) is 0 Å². The Hall–Kier alpha value is -2.37. The molecule has 1 N–H and O–H groups in total. The standard InChI is InChI=1S/C19H27N5O4S2/c1-5-11-23-14-20-22-19(23)29-13-18(25)21-15-9-10-16(28-8-4)17(12-15)30(26,27)24(6-2)7-3/h5,9-10,12,14H,1,6-8,11,13H2,2-4H3,(H,21,25). The van der Waals surface area contributed by atoms with Gasteiger partial charge in [0.15, 0.2) is 5.16 Å². The van der Waals surface area contributed by atoms with Crippen LogP contribution in [0.3, 0.4) is 0 Å². The highest BCUT2D eigenvalue weighted by atomic mass is 32.2. The topological polar surface area (TPSA) is 106 Å². The molecule has 0 atom stereocenters. The van der Waals surface area contributed by atoms with Gasteiger partial charge in [0, 0.05) is 25.3 Å². The zero-order valence-corrected chi connectivity index (χ0v) is 19.0. The van der Waals surface area contributed by atoms with Crippen LogP contribution >= 0.6 is 11.8 Å². The Morgan fingerprint density at radius 1 is 1.33 bits per heavy atom. The lowest BCUT2D eigenvalue weighted by molar-refractivity contribution is -0.113. The van der Waals surface area contributed by atoms with Gasteiger partial charge in [0.1, 0.15) is 17.0 Å². The zero-order chi connectivity index (χ0) is 22.1. The third-order valence-electron chi connectivity index (χ3n) is 4.09. The number of thioether (sulfide) groups is 1. The minimum atomic E-state index is -3.75. The number of benzene rings is 1. The molecule has 1 amide bonds. The lowest BCUT2D eigenvalue weighted by Gasteiger charge is -2.21. The van der Waals surface area contributed by atoms with Crippen LogP contribution in [0.2, 0.25) is 0 Å². The first kappa shape index (κ1) is 23.9.